The van der Waals surface area contributed by atoms with Crippen LogP contribution in [0.3, 0.4) is 0 Å². The zero-order valence-electron chi connectivity index (χ0n) is 48.3. The van der Waals surface area contributed by atoms with Crippen molar-refractivity contribution in [2.24, 2.45) is 0 Å². The van der Waals surface area contributed by atoms with E-state index >= 15 is 0 Å². The van der Waals surface area contributed by atoms with Gasteiger partial charge in [-0.1, -0.05) is 170 Å². The molecular formula is C82H50N4O3S. The Labute approximate surface area is 520 Å². The fourth-order valence-corrected chi connectivity index (χ4v) is 14.3. The first-order valence-electron chi connectivity index (χ1n) is 30.2. The molecule has 8 heteroatoms. The van der Waals surface area contributed by atoms with Crippen LogP contribution in [0.25, 0.3) is 142 Å². The number of benzene rings is 14. The molecule has 0 aliphatic rings. The topological polar surface area (TPSA) is 71.7 Å². The van der Waals surface area contributed by atoms with Crippen LogP contribution in [0.5, 0.6) is 0 Å². The van der Waals surface area contributed by atoms with E-state index in [0.29, 0.717) is 11.8 Å². The number of hydrogen-bond acceptors (Lipinski definition) is 8. The van der Waals surface area contributed by atoms with Crippen molar-refractivity contribution in [1.29, 1.82) is 0 Å². The third-order valence-corrected chi connectivity index (χ3v) is 18.7. The average Bonchev–Trinajstić information content (AvgIpc) is 1.42. The third kappa shape index (κ3) is 8.64. The molecule has 0 spiro atoms. The fraction of sp³-hybridized carbons (Fsp3) is 0. The molecular weight excluding hydrogens is 1120 g/mol. The molecule has 0 saturated heterocycles. The van der Waals surface area contributed by atoms with Gasteiger partial charge in [-0.15, -0.1) is 11.3 Å². The second-order valence-electron chi connectivity index (χ2n) is 22.8. The van der Waals surface area contributed by atoms with Crippen molar-refractivity contribution < 1.29 is 13.3 Å². The summed E-state index contributed by atoms with van der Waals surface area (Å²) in [6.45, 7) is 0. The van der Waals surface area contributed by atoms with E-state index in [4.69, 9.17) is 23.2 Å². The van der Waals surface area contributed by atoms with E-state index in [9.17, 15) is 0 Å². The van der Waals surface area contributed by atoms with Gasteiger partial charge in [-0.3, -0.25) is 0 Å². The summed E-state index contributed by atoms with van der Waals surface area (Å²) >= 11 is 1.83. The van der Waals surface area contributed by atoms with Gasteiger partial charge in [-0.25, -0.2) is 9.97 Å². The molecule has 7 nitrogen and oxygen atoms in total. The summed E-state index contributed by atoms with van der Waals surface area (Å²) in [7, 11) is 0. The summed E-state index contributed by atoms with van der Waals surface area (Å²) in [5.74, 6) is 1.16. The van der Waals surface area contributed by atoms with E-state index in [2.05, 4.69) is 271 Å². The lowest BCUT2D eigenvalue weighted by molar-refractivity contribution is 0.620. The summed E-state index contributed by atoms with van der Waals surface area (Å²) in [6, 6.07) is 107. The number of anilines is 6. The first-order chi connectivity index (χ1) is 44.6. The molecule has 0 unspecified atom stereocenters. The number of aromatic nitrogens is 2. The maximum absolute atomic E-state index is 6.67. The van der Waals surface area contributed by atoms with Gasteiger partial charge in [0.25, 0.3) is 0 Å². The summed E-state index contributed by atoms with van der Waals surface area (Å²) in [6.07, 6.45) is 0. The number of nitrogens with zero attached hydrogens (tertiary/aromatic N) is 4. The van der Waals surface area contributed by atoms with Gasteiger partial charge in [0.05, 0.1) is 17.1 Å². The first-order valence-corrected chi connectivity index (χ1v) is 31.0. The summed E-state index contributed by atoms with van der Waals surface area (Å²) in [5, 5.41) is 8.71. The highest BCUT2D eigenvalue weighted by molar-refractivity contribution is 7.25. The second kappa shape index (κ2) is 21.0. The van der Waals surface area contributed by atoms with E-state index < -0.39 is 0 Å². The van der Waals surface area contributed by atoms with Gasteiger partial charge in [-0.05, 0) is 161 Å². The van der Waals surface area contributed by atoms with Crippen LogP contribution in [0.4, 0.5) is 34.1 Å². The van der Waals surface area contributed by atoms with Crippen LogP contribution >= 0.6 is 11.3 Å². The Bertz CT molecular complexity index is 5830. The normalized spacial score (nSPS) is 11.8. The lowest BCUT2D eigenvalue weighted by Crippen LogP contribution is -2.11. The predicted octanol–water partition coefficient (Wildman–Crippen LogP) is 23.8. The van der Waals surface area contributed by atoms with Crippen LogP contribution in [0.2, 0.25) is 0 Å². The molecule has 0 atom stereocenters. The quantitative estimate of drug-likeness (QED) is 0.128. The number of furan rings is 1. The van der Waals surface area contributed by atoms with Gasteiger partial charge < -0.3 is 23.1 Å². The maximum Gasteiger partial charge on any atom is 0.227 e. The molecule has 0 N–H and O–H groups in total. The Hall–Kier alpha value is -11.8. The smallest absolute Gasteiger partial charge is 0.227 e. The molecule has 0 amide bonds. The molecule has 0 saturated carbocycles. The van der Waals surface area contributed by atoms with E-state index in [1.807, 2.05) is 53.8 Å². The molecule has 0 aliphatic carbocycles. The van der Waals surface area contributed by atoms with Gasteiger partial charge in [-0.2, -0.15) is 0 Å². The van der Waals surface area contributed by atoms with Crippen LogP contribution in [0.15, 0.2) is 317 Å². The molecule has 4 heterocycles. The second-order valence-corrected chi connectivity index (χ2v) is 23.9. The van der Waals surface area contributed by atoms with Crippen LogP contribution in [0.1, 0.15) is 0 Å². The highest BCUT2D eigenvalue weighted by atomic mass is 32.1. The van der Waals surface area contributed by atoms with E-state index in [1.165, 1.54) is 25.7 Å². The molecule has 0 fully saturated rings. The molecule has 0 bridgehead atoms. The minimum Gasteiger partial charge on any atom is -0.456 e. The SMILES string of the molecule is c1ccc(-c2cccc(N(c3ccc4sc5ccccc5c4c3)c3cccc4c3ccc3oc(-c5ccc(-c6cccc(-c7ccccc7N(c7ccc8oc9ccccc9c8c7)c7cccc8c7ccc7nc(-c9ccccc9)oc78)c6)cc5)nc34)c2)cc1. The van der Waals surface area contributed by atoms with Crippen molar-refractivity contribution in [2.75, 3.05) is 9.80 Å². The van der Waals surface area contributed by atoms with Crippen LogP contribution in [-0.4, -0.2) is 9.97 Å². The van der Waals surface area contributed by atoms with Gasteiger partial charge in [0.2, 0.25) is 11.8 Å². The lowest BCUT2D eigenvalue weighted by atomic mass is 9.96. The lowest BCUT2D eigenvalue weighted by Gasteiger charge is -2.29. The number of fused-ring (bicyclic) bond motifs is 12. The van der Waals surface area contributed by atoms with Crippen molar-refractivity contribution >= 4 is 131 Å². The molecule has 14 aromatic carbocycles. The largest absolute Gasteiger partial charge is 0.456 e. The Kier molecular flexibility index (Phi) is 12.0. The van der Waals surface area contributed by atoms with Crippen molar-refractivity contribution in [1.82, 2.24) is 9.97 Å². The summed E-state index contributed by atoms with van der Waals surface area (Å²) < 4.78 is 22.2. The molecule has 18 aromatic rings. The summed E-state index contributed by atoms with van der Waals surface area (Å²) in [4.78, 5) is 15.0. The Morgan fingerprint density at radius 1 is 0.267 bits per heavy atom. The Balaban J connectivity index is 0.708. The zero-order chi connectivity index (χ0) is 59.2. The highest BCUT2D eigenvalue weighted by Crippen LogP contribution is 2.49. The monoisotopic (exact) mass is 1170 g/mol. The van der Waals surface area contributed by atoms with Gasteiger partial charge >= 0.3 is 0 Å². The minimum absolute atomic E-state index is 0.565. The number of hydrogen-bond donors (Lipinski definition) is 0. The minimum atomic E-state index is 0.565. The average molecular weight is 1170 g/mol. The third-order valence-electron chi connectivity index (χ3n) is 17.5. The van der Waals surface area contributed by atoms with Crippen LogP contribution < -0.4 is 9.80 Å². The molecule has 0 radical (unpaired) electrons. The fourth-order valence-electron chi connectivity index (χ4n) is 13.3. The standard InChI is InChI=1S/C82H50N4O3S/c1-3-17-51(18-4-1)56-22-14-24-58(48-56)85(59-40-46-78-69(50-59)65-27-9-12-34-77(65)90-78)72-31-15-28-66-62(72)42-45-76-79(66)84-82(88-76)54-37-35-52(36-38-54)55-21-13-23-57(47-55)61-25-7-10-30-71(61)86(60-39-44-75-68(49-60)64-26-8-11-33-74(64)87-75)73-32-16-29-67-63(73)41-43-70-80(67)89-81(83-70)53-19-5-2-6-20-53/h1-50H. The summed E-state index contributed by atoms with van der Waals surface area (Å²) in [5.41, 5.74) is 19.4. The van der Waals surface area contributed by atoms with Gasteiger partial charge in [0, 0.05) is 86.2 Å². The van der Waals surface area contributed by atoms with Crippen molar-refractivity contribution in [2.45, 2.75) is 0 Å². The molecule has 90 heavy (non-hydrogen) atoms. The maximum atomic E-state index is 6.67. The molecule has 0 aliphatic heterocycles. The van der Waals surface area contributed by atoms with Crippen LogP contribution in [0, 0.1) is 0 Å². The molecule has 18 rings (SSSR count). The molecule has 4 aromatic heterocycles. The molecule has 422 valence electrons. The van der Waals surface area contributed by atoms with E-state index in [1.54, 1.807) is 0 Å². The van der Waals surface area contributed by atoms with Crippen molar-refractivity contribution in [3.63, 3.8) is 0 Å². The van der Waals surface area contributed by atoms with Crippen LogP contribution in [-0.2, 0) is 0 Å². The van der Waals surface area contributed by atoms with Gasteiger partial charge in [0.15, 0.2) is 11.2 Å². The number of rotatable bonds is 11. The van der Waals surface area contributed by atoms with Crippen molar-refractivity contribution in [3.05, 3.63) is 303 Å². The number of oxazole rings is 2. The Morgan fingerprint density at radius 2 is 0.811 bits per heavy atom. The number of thiophene rings is 1. The van der Waals surface area contributed by atoms with E-state index in [0.717, 1.165) is 139 Å². The highest BCUT2D eigenvalue weighted by Gasteiger charge is 2.24. The first kappa shape index (κ1) is 51.4. The number of para-hydroxylation sites is 2. The Morgan fingerprint density at radius 3 is 1.68 bits per heavy atom. The predicted molar refractivity (Wildman–Crippen MR) is 373 cm³/mol. The van der Waals surface area contributed by atoms with E-state index in [-0.39, 0.29) is 0 Å². The zero-order valence-corrected chi connectivity index (χ0v) is 49.1. The van der Waals surface area contributed by atoms with Crippen molar-refractivity contribution in [3.8, 4) is 56.3 Å². The van der Waals surface area contributed by atoms with Gasteiger partial charge in [0.1, 0.15) is 22.2 Å².